The Morgan fingerprint density at radius 2 is 2.00 bits per heavy atom. The number of hydrogen-bond donors (Lipinski definition) is 1. The summed E-state index contributed by atoms with van der Waals surface area (Å²) >= 11 is 0. The first-order valence-corrected chi connectivity index (χ1v) is 6.40. The van der Waals surface area contributed by atoms with Crippen molar-refractivity contribution >= 4 is 0 Å². The summed E-state index contributed by atoms with van der Waals surface area (Å²) in [7, 11) is 2.25. The Bertz CT molecular complexity index is 185. The fourth-order valence-corrected chi connectivity index (χ4v) is 1.70. The van der Waals surface area contributed by atoms with E-state index in [1.54, 1.807) is 0 Å². The molecule has 0 saturated heterocycles. The van der Waals surface area contributed by atoms with Gasteiger partial charge in [-0.2, -0.15) is 0 Å². The summed E-state index contributed by atoms with van der Waals surface area (Å²) in [6.07, 6.45) is 4.00. The van der Waals surface area contributed by atoms with Gasteiger partial charge in [-0.05, 0) is 52.6 Å². The highest BCUT2D eigenvalue weighted by molar-refractivity contribution is 4.83. The Balaban J connectivity index is 2.19. The van der Waals surface area contributed by atoms with Crippen molar-refractivity contribution in [2.24, 2.45) is 5.92 Å². The fourth-order valence-electron chi connectivity index (χ4n) is 1.70. The van der Waals surface area contributed by atoms with Crippen LogP contribution in [0.3, 0.4) is 0 Å². The van der Waals surface area contributed by atoms with E-state index in [1.165, 1.54) is 32.4 Å². The number of nitrogens with zero attached hydrogens (tertiary/aromatic N) is 1. The maximum atomic E-state index is 3.60. The molecule has 0 heterocycles. The van der Waals surface area contributed by atoms with E-state index < -0.39 is 0 Å². The monoisotopic (exact) mass is 212 g/mol. The Morgan fingerprint density at radius 1 is 1.40 bits per heavy atom. The minimum Gasteiger partial charge on any atom is -0.314 e. The normalized spacial score (nSPS) is 19.6. The predicted molar refractivity (Wildman–Crippen MR) is 67.2 cm³/mol. The van der Waals surface area contributed by atoms with Crippen molar-refractivity contribution in [3.05, 3.63) is 0 Å². The van der Waals surface area contributed by atoms with Crippen molar-refractivity contribution in [2.75, 3.05) is 20.1 Å². The van der Waals surface area contributed by atoms with Gasteiger partial charge in [0.2, 0.25) is 0 Å². The van der Waals surface area contributed by atoms with Gasteiger partial charge in [0.05, 0.1) is 0 Å². The third-order valence-corrected chi connectivity index (χ3v) is 3.82. The van der Waals surface area contributed by atoms with Crippen molar-refractivity contribution < 1.29 is 0 Å². The predicted octanol–water partition coefficient (Wildman–Crippen LogP) is 2.49. The molecule has 0 aromatic heterocycles. The molecule has 15 heavy (non-hydrogen) atoms. The van der Waals surface area contributed by atoms with Crippen LogP contribution in [0.2, 0.25) is 0 Å². The second kappa shape index (κ2) is 5.31. The maximum Gasteiger partial charge on any atom is 0.0147 e. The number of hydrogen-bond acceptors (Lipinski definition) is 2. The topological polar surface area (TPSA) is 15.3 Å². The van der Waals surface area contributed by atoms with Gasteiger partial charge in [-0.1, -0.05) is 13.8 Å². The molecule has 0 radical (unpaired) electrons. The summed E-state index contributed by atoms with van der Waals surface area (Å²) in [6, 6.07) is 0.844. The van der Waals surface area contributed by atoms with Gasteiger partial charge in [-0.15, -0.1) is 0 Å². The molecule has 1 unspecified atom stereocenters. The summed E-state index contributed by atoms with van der Waals surface area (Å²) in [5, 5.41) is 3.60. The van der Waals surface area contributed by atoms with Gasteiger partial charge in [0.15, 0.2) is 0 Å². The van der Waals surface area contributed by atoms with Gasteiger partial charge >= 0.3 is 0 Å². The van der Waals surface area contributed by atoms with Crippen molar-refractivity contribution in [2.45, 2.75) is 58.5 Å². The van der Waals surface area contributed by atoms with E-state index in [4.69, 9.17) is 0 Å². The zero-order valence-corrected chi connectivity index (χ0v) is 11.1. The van der Waals surface area contributed by atoms with Crippen LogP contribution in [0.1, 0.15) is 47.0 Å². The second-order valence-corrected chi connectivity index (χ2v) is 5.83. The van der Waals surface area contributed by atoms with Crippen LogP contribution in [-0.4, -0.2) is 36.6 Å². The standard InChI is InChI=1S/C13H28N2/c1-6-13(3,4)15(5)10-11(2)9-14-12-7-8-12/h11-12,14H,6-10H2,1-5H3. The molecule has 90 valence electrons. The smallest absolute Gasteiger partial charge is 0.0147 e. The number of nitrogens with one attached hydrogen (secondary N) is 1. The quantitative estimate of drug-likeness (QED) is 0.697. The lowest BCUT2D eigenvalue weighted by Crippen LogP contribution is -2.44. The Morgan fingerprint density at radius 3 is 2.47 bits per heavy atom. The second-order valence-electron chi connectivity index (χ2n) is 5.83. The van der Waals surface area contributed by atoms with Gasteiger partial charge in [0.1, 0.15) is 0 Å². The molecular formula is C13H28N2. The first-order valence-electron chi connectivity index (χ1n) is 6.40. The molecular weight excluding hydrogens is 184 g/mol. The zero-order chi connectivity index (χ0) is 11.5. The van der Waals surface area contributed by atoms with Gasteiger partial charge in [-0.3, -0.25) is 0 Å². The van der Waals surface area contributed by atoms with Crippen molar-refractivity contribution in [3.63, 3.8) is 0 Å². The summed E-state index contributed by atoms with van der Waals surface area (Å²) in [6.45, 7) is 11.6. The van der Waals surface area contributed by atoms with E-state index in [2.05, 4.69) is 45.0 Å². The average molecular weight is 212 g/mol. The lowest BCUT2D eigenvalue weighted by atomic mass is 9.98. The van der Waals surface area contributed by atoms with Crippen LogP contribution < -0.4 is 5.32 Å². The van der Waals surface area contributed by atoms with Crippen molar-refractivity contribution in [3.8, 4) is 0 Å². The highest BCUT2D eigenvalue weighted by Gasteiger charge is 2.24. The van der Waals surface area contributed by atoms with Gasteiger partial charge in [0.25, 0.3) is 0 Å². The average Bonchev–Trinajstić information content (AvgIpc) is 2.98. The number of rotatable bonds is 7. The van der Waals surface area contributed by atoms with E-state index in [9.17, 15) is 0 Å². The van der Waals surface area contributed by atoms with Crippen LogP contribution in [0.15, 0.2) is 0 Å². The molecule has 1 saturated carbocycles. The van der Waals surface area contributed by atoms with Gasteiger partial charge in [0, 0.05) is 18.1 Å². The molecule has 0 aliphatic heterocycles. The summed E-state index contributed by atoms with van der Waals surface area (Å²) in [4.78, 5) is 2.49. The molecule has 2 nitrogen and oxygen atoms in total. The first kappa shape index (κ1) is 13.0. The first-order chi connectivity index (χ1) is 6.95. The fraction of sp³-hybridized carbons (Fsp3) is 1.00. The van der Waals surface area contributed by atoms with E-state index in [0.717, 1.165) is 12.0 Å². The lowest BCUT2D eigenvalue weighted by Gasteiger charge is -2.36. The minimum atomic E-state index is 0.341. The molecule has 0 aromatic rings. The molecule has 1 rings (SSSR count). The molecule has 0 spiro atoms. The molecule has 0 amide bonds. The highest BCUT2D eigenvalue weighted by Crippen LogP contribution is 2.20. The third-order valence-electron chi connectivity index (χ3n) is 3.82. The van der Waals surface area contributed by atoms with Crippen LogP contribution >= 0.6 is 0 Å². The molecule has 0 bridgehead atoms. The summed E-state index contributed by atoms with van der Waals surface area (Å²) < 4.78 is 0. The SMILES string of the molecule is CCC(C)(C)N(C)CC(C)CNC1CC1. The van der Waals surface area contributed by atoms with E-state index in [-0.39, 0.29) is 0 Å². The minimum absolute atomic E-state index is 0.341. The zero-order valence-electron chi connectivity index (χ0n) is 11.1. The largest absolute Gasteiger partial charge is 0.314 e. The van der Waals surface area contributed by atoms with E-state index in [1.807, 2.05) is 0 Å². The summed E-state index contributed by atoms with van der Waals surface area (Å²) in [5.41, 5.74) is 0.341. The van der Waals surface area contributed by atoms with Gasteiger partial charge < -0.3 is 10.2 Å². The molecule has 1 atom stereocenters. The van der Waals surface area contributed by atoms with Gasteiger partial charge in [-0.25, -0.2) is 0 Å². The van der Waals surface area contributed by atoms with E-state index >= 15 is 0 Å². The van der Waals surface area contributed by atoms with Crippen LogP contribution in [0, 0.1) is 5.92 Å². The molecule has 1 N–H and O–H groups in total. The molecule has 0 aromatic carbocycles. The highest BCUT2D eigenvalue weighted by atomic mass is 15.2. The Kier molecular flexibility index (Phi) is 4.60. The summed E-state index contributed by atoms with van der Waals surface area (Å²) in [5.74, 6) is 0.751. The maximum absolute atomic E-state index is 3.60. The Hall–Kier alpha value is -0.0800. The third kappa shape index (κ3) is 4.52. The van der Waals surface area contributed by atoms with Crippen LogP contribution in [-0.2, 0) is 0 Å². The van der Waals surface area contributed by atoms with Crippen LogP contribution in [0.5, 0.6) is 0 Å². The van der Waals surface area contributed by atoms with Crippen molar-refractivity contribution in [1.29, 1.82) is 0 Å². The molecule has 1 aliphatic carbocycles. The van der Waals surface area contributed by atoms with Crippen LogP contribution in [0.25, 0.3) is 0 Å². The lowest BCUT2D eigenvalue weighted by molar-refractivity contribution is 0.130. The van der Waals surface area contributed by atoms with Crippen molar-refractivity contribution in [1.82, 2.24) is 10.2 Å². The molecule has 1 fully saturated rings. The van der Waals surface area contributed by atoms with Crippen LogP contribution in [0.4, 0.5) is 0 Å². The molecule has 1 aliphatic rings. The van der Waals surface area contributed by atoms with E-state index in [0.29, 0.717) is 5.54 Å². The molecule has 2 heteroatoms. The Labute approximate surface area is 95.4 Å².